The number of hydrogen-bond acceptors (Lipinski definition) is 5. The Morgan fingerprint density at radius 1 is 1.37 bits per heavy atom. The van der Waals surface area contributed by atoms with E-state index >= 15 is 0 Å². The summed E-state index contributed by atoms with van der Waals surface area (Å²) in [6, 6.07) is 3.99. The van der Waals surface area contributed by atoms with Gasteiger partial charge < -0.3 is 15.1 Å². The Morgan fingerprint density at radius 2 is 2.11 bits per heavy atom. The van der Waals surface area contributed by atoms with E-state index in [1.807, 2.05) is 36.5 Å². The Hall–Kier alpha value is -1.88. The van der Waals surface area contributed by atoms with E-state index in [0.29, 0.717) is 12.5 Å². The predicted molar refractivity (Wildman–Crippen MR) is 74.8 cm³/mol. The van der Waals surface area contributed by atoms with Crippen molar-refractivity contribution in [3.8, 4) is 0 Å². The number of hydrogen-bond donors (Lipinski definition) is 1. The quantitative estimate of drug-likeness (QED) is 0.860. The summed E-state index contributed by atoms with van der Waals surface area (Å²) >= 11 is 0. The van der Waals surface area contributed by atoms with E-state index < -0.39 is 0 Å². The molecule has 0 amide bonds. The molecule has 102 valence electrons. The van der Waals surface area contributed by atoms with Crippen LogP contribution in [0.1, 0.15) is 24.7 Å². The van der Waals surface area contributed by atoms with Gasteiger partial charge in [0.05, 0.1) is 12.8 Å². The van der Waals surface area contributed by atoms with Crippen LogP contribution >= 0.6 is 0 Å². The fourth-order valence-corrected chi connectivity index (χ4v) is 1.80. The van der Waals surface area contributed by atoms with Crippen LogP contribution in [0, 0.1) is 0 Å². The minimum Gasteiger partial charge on any atom is -0.467 e. The average molecular weight is 260 g/mol. The van der Waals surface area contributed by atoms with Crippen LogP contribution in [0.25, 0.3) is 0 Å². The third-order valence-electron chi connectivity index (χ3n) is 3.03. The van der Waals surface area contributed by atoms with Gasteiger partial charge in [-0.3, -0.25) is 0 Å². The molecular weight excluding hydrogens is 240 g/mol. The molecule has 0 aliphatic heterocycles. The monoisotopic (exact) mass is 260 g/mol. The van der Waals surface area contributed by atoms with Crippen LogP contribution in [0.5, 0.6) is 0 Å². The molecule has 0 saturated heterocycles. The minimum atomic E-state index is 0.176. The molecule has 2 heterocycles. The van der Waals surface area contributed by atoms with Crippen LogP contribution in [0.2, 0.25) is 0 Å². The highest BCUT2D eigenvalue weighted by atomic mass is 16.3. The Kier molecular flexibility index (Phi) is 4.52. The van der Waals surface area contributed by atoms with Crippen molar-refractivity contribution in [1.29, 1.82) is 0 Å². The van der Waals surface area contributed by atoms with E-state index in [1.165, 1.54) is 0 Å². The maximum Gasteiger partial charge on any atom is 0.225 e. The molecule has 19 heavy (non-hydrogen) atoms. The van der Waals surface area contributed by atoms with Crippen LogP contribution in [0.15, 0.2) is 35.2 Å². The van der Waals surface area contributed by atoms with Crippen molar-refractivity contribution in [2.45, 2.75) is 32.4 Å². The van der Waals surface area contributed by atoms with Gasteiger partial charge in [0.15, 0.2) is 0 Å². The lowest BCUT2D eigenvalue weighted by Gasteiger charge is -2.15. The summed E-state index contributed by atoms with van der Waals surface area (Å²) in [5, 5.41) is 0. The molecule has 5 heteroatoms. The van der Waals surface area contributed by atoms with Gasteiger partial charge in [-0.1, -0.05) is 6.92 Å². The first-order chi connectivity index (χ1) is 9.19. The lowest BCUT2D eigenvalue weighted by atomic mass is 10.1. The fraction of sp³-hybridized carbons (Fsp3) is 0.429. The second-order valence-electron chi connectivity index (χ2n) is 4.70. The van der Waals surface area contributed by atoms with E-state index in [0.717, 1.165) is 24.2 Å². The summed E-state index contributed by atoms with van der Waals surface area (Å²) in [5.74, 6) is 1.58. The number of nitrogens with zero attached hydrogens (tertiary/aromatic N) is 3. The number of nitrogens with two attached hydrogens (primary N) is 1. The standard InChI is InChI=1S/C14H20N4O/c1-3-12(15)7-11-8-16-14(17-9-11)18(2)10-13-5-4-6-19-13/h4-6,8-9,12H,3,7,10,15H2,1-2H3. The maximum atomic E-state index is 5.91. The Labute approximate surface area is 113 Å². The van der Waals surface area contributed by atoms with Crippen LogP contribution in [0.4, 0.5) is 5.95 Å². The molecule has 0 aromatic carbocycles. The van der Waals surface area contributed by atoms with Crippen molar-refractivity contribution < 1.29 is 4.42 Å². The van der Waals surface area contributed by atoms with E-state index in [1.54, 1.807) is 6.26 Å². The minimum absolute atomic E-state index is 0.176. The highest BCUT2D eigenvalue weighted by molar-refractivity contribution is 5.29. The molecule has 2 aromatic heterocycles. The molecule has 0 spiro atoms. The second-order valence-corrected chi connectivity index (χ2v) is 4.70. The average Bonchev–Trinajstić information content (AvgIpc) is 2.92. The Morgan fingerprint density at radius 3 is 2.68 bits per heavy atom. The van der Waals surface area contributed by atoms with Gasteiger partial charge in [0.2, 0.25) is 5.95 Å². The molecule has 2 rings (SSSR count). The second kappa shape index (κ2) is 6.33. The van der Waals surface area contributed by atoms with Crippen molar-refractivity contribution in [2.24, 2.45) is 5.73 Å². The Bertz CT molecular complexity index is 481. The molecule has 2 aromatic rings. The van der Waals surface area contributed by atoms with E-state index in [2.05, 4.69) is 16.9 Å². The molecule has 1 atom stereocenters. The highest BCUT2D eigenvalue weighted by Crippen LogP contribution is 2.11. The third-order valence-corrected chi connectivity index (χ3v) is 3.03. The van der Waals surface area contributed by atoms with Gasteiger partial charge in [-0.05, 0) is 30.5 Å². The van der Waals surface area contributed by atoms with Gasteiger partial charge in [-0.2, -0.15) is 0 Å². The summed E-state index contributed by atoms with van der Waals surface area (Å²) < 4.78 is 5.30. The summed E-state index contributed by atoms with van der Waals surface area (Å²) in [6.07, 6.45) is 7.13. The van der Waals surface area contributed by atoms with Crippen LogP contribution < -0.4 is 10.6 Å². The van der Waals surface area contributed by atoms with Gasteiger partial charge in [0.1, 0.15) is 5.76 Å². The topological polar surface area (TPSA) is 68.2 Å². The molecule has 0 saturated carbocycles. The van der Waals surface area contributed by atoms with Crippen LogP contribution in [-0.4, -0.2) is 23.1 Å². The molecule has 0 aliphatic rings. The maximum absolute atomic E-state index is 5.91. The Balaban J connectivity index is 1.97. The number of anilines is 1. The molecule has 2 N–H and O–H groups in total. The lowest BCUT2D eigenvalue weighted by molar-refractivity contribution is 0.506. The first-order valence-corrected chi connectivity index (χ1v) is 6.49. The predicted octanol–water partition coefficient (Wildman–Crippen LogP) is 1.99. The lowest BCUT2D eigenvalue weighted by Crippen LogP contribution is -2.22. The summed E-state index contributed by atoms with van der Waals surface area (Å²) in [6.45, 7) is 2.73. The molecular formula is C14H20N4O. The van der Waals surface area contributed by atoms with Crippen molar-refractivity contribution in [2.75, 3.05) is 11.9 Å². The molecule has 1 unspecified atom stereocenters. The normalized spacial score (nSPS) is 12.4. The molecule has 0 bridgehead atoms. The van der Waals surface area contributed by atoms with Gasteiger partial charge >= 0.3 is 0 Å². The van der Waals surface area contributed by atoms with Crippen LogP contribution in [-0.2, 0) is 13.0 Å². The van der Waals surface area contributed by atoms with Crippen molar-refractivity contribution in [3.05, 3.63) is 42.1 Å². The van der Waals surface area contributed by atoms with E-state index in [9.17, 15) is 0 Å². The zero-order valence-corrected chi connectivity index (χ0v) is 11.4. The van der Waals surface area contributed by atoms with Crippen molar-refractivity contribution in [1.82, 2.24) is 9.97 Å². The molecule has 0 aliphatic carbocycles. The summed E-state index contributed by atoms with van der Waals surface area (Å²) in [5.41, 5.74) is 6.99. The smallest absolute Gasteiger partial charge is 0.225 e. The van der Waals surface area contributed by atoms with Crippen molar-refractivity contribution in [3.63, 3.8) is 0 Å². The zero-order chi connectivity index (χ0) is 13.7. The number of furan rings is 1. The fourth-order valence-electron chi connectivity index (χ4n) is 1.80. The first-order valence-electron chi connectivity index (χ1n) is 6.49. The molecule has 0 fully saturated rings. The third kappa shape index (κ3) is 3.79. The van der Waals surface area contributed by atoms with Gasteiger partial charge in [-0.15, -0.1) is 0 Å². The zero-order valence-electron chi connectivity index (χ0n) is 11.4. The van der Waals surface area contributed by atoms with Gasteiger partial charge in [-0.25, -0.2) is 9.97 Å². The molecule has 0 radical (unpaired) electrons. The van der Waals surface area contributed by atoms with Crippen molar-refractivity contribution >= 4 is 5.95 Å². The molecule has 5 nitrogen and oxygen atoms in total. The van der Waals surface area contributed by atoms with Crippen LogP contribution in [0.3, 0.4) is 0 Å². The highest BCUT2D eigenvalue weighted by Gasteiger charge is 2.08. The first kappa shape index (κ1) is 13.5. The van der Waals surface area contributed by atoms with E-state index in [4.69, 9.17) is 10.2 Å². The number of aromatic nitrogens is 2. The van der Waals surface area contributed by atoms with Gasteiger partial charge in [0, 0.05) is 25.5 Å². The summed E-state index contributed by atoms with van der Waals surface area (Å²) in [4.78, 5) is 10.7. The summed E-state index contributed by atoms with van der Waals surface area (Å²) in [7, 11) is 1.94. The van der Waals surface area contributed by atoms with E-state index in [-0.39, 0.29) is 6.04 Å². The largest absolute Gasteiger partial charge is 0.467 e. The SMILES string of the molecule is CCC(N)Cc1cnc(N(C)Cc2ccco2)nc1. The van der Waals surface area contributed by atoms with Gasteiger partial charge in [0.25, 0.3) is 0 Å². The number of rotatable bonds is 6.